The van der Waals surface area contributed by atoms with Crippen molar-refractivity contribution in [2.45, 2.75) is 13.2 Å². The van der Waals surface area contributed by atoms with Gasteiger partial charge in [-0.25, -0.2) is 4.39 Å². The van der Waals surface area contributed by atoms with Crippen LogP contribution in [0.3, 0.4) is 0 Å². The molecule has 0 aromatic heterocycles. The molecule has 3 nitrogen and oxygen atoms in total. The highest BCUT2D eigenvalue weighted by Crippen LogP contribution is 2.26. The molecule has 5 heteroatoms. The minimum Gasteiger partial charge on any atom is -0.489 e. The Morgan fingerprint density at radius 3 is 2.23 bits per heavy atom. The molecule has 0 saturated carbocycles. The molecule has 1 N–H and O–H groups in total. The molecule has 0 aliphatic carbocycles. The average Bonchev–Trinajstić information content (AvgIpc) is 2.80. The Morgan fingerprint density at radius 2 is 1.48 bits per heavy atom. The maximum Gasteiger partial charge on any atom is 0.127 e. The Morgan fingerprint density at radius 1 is 0.774 bits per heavy atom. The molecular weight excluding hydrogens is 413 g/mol. The number of hydrogen-bond donors (Lipinski definition) is 1. The number of anilines is 1. The zero-order valence-electron chi connectivity index (χ0n) is 16.7. The maximum absolute atomic E-state index is 13.1. The van der Waals surface area contributed by atoms with Crippen molar-refractivity contribution in [2.24, 2.45) is 0 Å². The molecule has 4 aromatic carbocycles. The maximum atomic E-state index is 13.1. The number of ether oxygens (including phenoxy) is 2. The highest BCUT2D eigenvalue weighted by atomic mass is 35.5. The highest BCUT2D eigenvalue weighted by Gasteiger charge is 2.07. The van der Waals surface area contributed by atoms with Crippen LogP contribution in [0.25, 0.3) is 0 Å². The van der Waals surface area contributed by atoms with Gasteiger partial charge in [0.15, 0.2) is 0 Å². The van der Waals surface area contributed by atoms with Crippen LogP contribution in [0.4, 0.5) is 10.1 Å². The van der Waals surface area contributed by atoms with Crippen molar-refractivity contribution in [2.75, 3.05) is 5.32 Å². The predicted molar refractivity (Wildman–Crippen MR) is 122 cm³/mol. The molecule has 0 atom stereocenters. The summed E-state index contributed by atoms with van der Waals surface area (Å²) in [6.45, 7) is 0.888. The van der Waals surface area contributed by atoms with Gasteiger partial charge in [-0.15, -0.1) is 0 Å². The highest BCUT2D eigenvalue weighted by molar-refractivity contribution is 6.30. The molecule has 0 amide bonds. The molecule has 156 valence electrons. The molecular formula is C26H21ClFNO2. The van der Waals surface area contributed by atoms with E-state index in [4.69, 9.17) is 21.1 Å². The number of nitrogens with one attached hydrogen (secondary N) is 1. The van der Waals surface area contributed by atoms with E-state index in [0.717, 1.165) is 34.1 Å². The first-order valence-electron chi connectivity index (χ1n) is 9.88. The van der Waals surface area contributed by atoms with E-state index in [9.17, 15) is 4.39 Å². The first-order chi connectivity index (χ1) is 15.2. The van der Waals surface area contributed by atoms with Crippen LogP contribution in [0, 0.1) is 5.82 Å². The molecule has 0 spiro atoms. The van der Waals surface area contributed by atoms with Gasteiger partial charge < -0.3 is 14.8 Å². The lowest BCUT2D eigenvalue weighted by Crippen LogP contribution is -2.04. The Balaban J connectivity index is 1.38. The fraction of sp³-hybridized carbons (Fsp3) is 0.0769. The predicted octanol–water partition coefficient (Wildman–Crippen LogP) is 7.46. The lowest BCUT2D eigenvalue weighted by atomic mass is 10.2. The normalized spacial score (nSPS) is 10.5. The van der Waals surface area contributed by atoms with Gasteiger partial charge in [-0.2, -0.15) is 0 Å². The number of hydrogen-bond acceptors (Lipinski definition) is 3. The van der Waals surface area contributed by atoms with E-state index in [1.54, 1.807) is 18.2 Å². The zero-order chi connectivity index (χ0) is 21.5. The van der Waals surface area contributed by atoms with Gasteiger partial charge in [0.1, 0.15) is 29.7 Å². The van der Waals surface area contributed by atoms with Crippen LogP contribution in [0.5, 0.6) is 17.2 Å². The van der Waals surface area contributed by atoms with Crippen molar-refractivity contribution in [3.8, 4) is 17.2 Å². The number of rotatable bonds is 8. The van der Waals surface area contributed by atoms with Crippen LogP contribution < -0.4 is 14.8 Å². The summed E-state index contributed by atoms with van der Waals surface area (Å²) in [6, 6.07) is 29.2. The molecule has 0 radical (unpaired) electrons. The van der Waals surface area contributed by atoms with Gasteiger partial charge in [0.25, 0.3) is 0 Å². The second-order valence-corrected chi connectivity index (χ2v) is 7.40. The summed E-state index contributed by atoms with van der Waals surface area (Å²) < 4.78 is 24.9. The average molecular weight is 434 g/mol. The van der Waals surface area contributed by atoms with Gasteiger partial charge in [0, 0.05) is 22.8 Å². The Labute approximate surface area is 186 Å². The summed E-state index contributed by atoms with van der Waals surface area (Å²) in [7, 11) is 0. The van der Waals surface area contributed by atoms with Crippen molar-refractivity contribution >= 4 is 17.3 Å². The summed E-state index contributed by atoms with van der Waals surface area (Å²) in [6.07, 6.45) is 0. The molecule has 4 rings (SSSR count). The summed E-state index contributed by atoms with van der Waals surface area (Å²) >= 11 is 6.19. The van der Waals surface area contributed by atoms with E-state index in [1.807, 2.05) is 66.7 Å². The summed E-state index contributed by atoms with van der Waals surface area (Å²) in [5.41, 5.74) is 2.77. The van der Waals surface area contributed by atoms with Crippen LogP contribution in [0.1, 0.15) is 11.1 Å². The van der Waals surface area contributed by atoms with Crippen molar-refractivity contribution in [1.82, 2.24) is 0 Å². The lowest BCUT2D eigenvalue weighted by Gasteiger charge is -2.14. The lowest BCUT2D eigenvalue weighted by molar-refractivity contribution is 0.303. The van der Waals surface area contributed by atoms with Crippen molar-refractivity contribution < 1.29 is 13.9 Å². The zero-order valence-corrected chi connectivity index (χ0v) is 17.5. The second-order valence-electron chi connectivity index (χ2n) is 6.96. The molecule has 0 heterocycles. The third-order valence-electron chi connectivity index (χ3n) is 4.65. The van der Waals surface area contributed by atoms with Gasteiger partial charge in [-0.1, -0.05) is 41.9 Å². The largest absolute Gasteiger partial charge is 0.489 e. The second kappa shape index (κ2) is 10.0. The molecule has 0 aliphatic rings. The van der Waals surface area contributed by atoms with Crippen LogP contribution in [-0.4, -0.2) is 0 Å². The SMILES string of the molecule is Fc1ccc(COc2ccc(Cl)cc2CNc2ccc(Oc3ccccc3)cc2)cc1. The Kier molecular flexibility index (Phi) is 6.70. The molecule has 31 heavy (non-hydrogen) atoms. The minimum absolute atomic E-state index is 0.264. The van der Waals surface area contributed by atoms with Gasteiger partial charge in [-0.3, -0.25) is 0 Å². The summed E-state index contributed by atoms with van der Waals surface area (Å²) in [5, 5.41) is 4.02. The molecule has 0 fully saturated rings. The number of para-hydroxylation sites is 1. The quantitative estimate of drug-likeness (QED) is 0.312. The monoisotopic (exact) mass is 433 g/mol. The van der Waals surface area contributed by atoms with E-state index in [1.165, 1.54) is 12.1 Å². The molecule has 0 saturated heterocycles. The van der Waals surface area contributed by atoms with Crippen LogP contribution in [0.2, 0.25) is 5.02 Å². The smallest absolute Gasteiger partial charge is 0.127 e. The van der Waals surface area contributed by atoms with Crippen LogP contribution in [0.15, 0.2) is 97.1 Å². The molecule has 0 aliphatic heterocycles. The van der Waals surface area contributed by atoms with Gasteiger partial charge in [0.2, 0.25) is 0 Å². The molecule has 0 unspecified atom stereocenters. The first-order valence-corrected chi connectivity index (χ1v) is 10.3. The summed E-state index contributed by atoms with van der Waals surface area (Å²) in [4.78, 5) is 0. The van der Waals surface area contributed by atoms with Crippen LogP contribution >= 0.6 is 11.6 Å². The Bertz CT molecular complexity index is 1120. The third-order valence-corrected chi connectivity index (χ3v) is 4.88. The topological polar surface area (TPSA) is 30.5 Å². The fourth-order valence-corrected chi connectivity index (χ4v) is 3.23. The van der Waals surface area contributed by atoms with Crippen molar-refractivity contribution in [3.63, 3.8) is 0 Å². The summed E-state index contributed by atoms with van der Waals surface area (Å²) in [5.74, 6) is 2.03. The van der Waals surface area contributed by atoms with Crippen molar-refractivity contribution in [1.29, 1.82) is 0 Å². The van der Waals surface area contributed by atoms with E-state index in [2.05, 4.69) is 5.32 Å². The Hall–Kier alpha value is -3.50. The van der Waals surface area contributed by atoms with Gasteiger partial charge in [0.05, 0.1) is 0 Å². The molecule has 0 bridgehead atoms. The van der Waals surface area contributed by atoms with E-state index in [-0.39, 0.29) is 5.82 Å². The van der Waals surface area contributed by atoms with Gasteiger partial charge >= 0.3 is 0 Å². The number of benzene rings is 4. The van der Waals surface area contributed by atoms with Crippen LogP contribution in [-0.2, 0) is 13.2 Å². The van der Waals surface area contributed by atoms with E-state index < -0.39 is 0 Å². The van der Waals surface area contributed by atoms with E-state index in [0.29, 0.717) is 18.2 Å². The van der Waals surface area contributed by atoms with E-state index >= 15 is 0 Å². The third kappa shape index (κ3) is 6.00. The first kappa shape index (κ1) is 20.8. The number of halogens is 2. The standard InChI is InChI=1S/C26H21ClFNO2/c27-21-8-15-26(30-18-19-6-9-22(28)10-7-19)20(16-21)17-29-23-11-13-25(14-12-23)31-24-4-2-1-3-5-24/h1-16,29H,17-18H2. The molecule has 4 aromatic rings. The van der Waals surface area contributed by atoms with Crippen molar-refractivity contribution in [3.05, 3.63) is 119 Å². The minimum atomic E-state index is -0.264. The fourth-order valence-electron chi connectivity index (χ4n) is 3.03. The van der Waals surface area contributed by atoms with Gasteiger partial charge in [-0.05, 0) is 72.3 Å².